The summed E-state index contributed by atoms with van der Waals surface area (Å²) in [6.07, 6.45) is -5.09. The minimum absolute atomic E-state index is 0.00139. The van der Waals surface area contributed by atoms with Crippen LogP contribution in [0, 0.1) is 11.3 Å². The molecule has 3 aromatic rings. The van der Waals surface area contributed by atoms with Gasteiger partial charge in [0.1, 0.15) is 23.2 Å². The van der Waals surface area contributed by atoms with E-state index < -0.39 is 58.9 Å². The van der Waals surface area contributed by atoms with Gasteiger partial charge >= 0.3 is 12.8 Å². The van der Waals surface area contributed by atoms with Crippen molar-refractivity contribution < 1.29 is 49.4 Å². The lowest BCUT2D eigenvalue weighted by atomic mass is 10.0. The van der Waals surface area contributed by atoms with Crippen LogP contribution < -0.4 is 19.7 Å². The molecule has 1 aliphatic rings. The van der Waals surface area contributed by atoms with Crippen molar-refractivity contribution in [3.05, 3.63) is 77.4 Å². The van der Waals surface area contributed by atoms with Crippen molar-refractivity contribution in [2.75, 3.05) is 30.9 Å². The molecule has 10 nitrogen and oxygen atoms in total. The second-order valence-electron chi connectivity index (χ2n) is 10.5. The molecule has 1 saturated heterocycles. The summed E-state index contributed by atoms with van der Waals surface area (Å²) in [5, 5.41) is 12.1. The lowest BCUT2D eigenvalue weighted by Gasteiger charge is -2.26. The Kier molecular flexibility index (Phi) is 11.2. The van der Waals surface area contributed by atoms with Gasteiger partial charge in [0.15, 0.2) is 9.84 Å². The molecule has 1 aromatic heterocycles. The number of methoxy groups -OCH3 is 1. The molecule has 47 heavy (non-hydrogen) atoms. The summed E-state index contributed by atoms with van der Waals surface area (Å²) >= 11 is 0. The van der Waals surface area contributed by atoms with E-state index in [1.165, 1.54) is 62.6 Å². The van der Waals surface area contributed by atoms with Crippen molar-refractivity contribution in [2.45, 2.75) is 55.6 Å². The van der Waals surface area contributed by atoms with E-state index in [1.54, 1.807) is 4.90 Å². The fourth-order valence-electron chi connectivity index (χ4n) is 5.07. The van der Waals surface area contributed by atoms with Crippen LogP contribution in [-0.2, 0) is 20.8 Å². The Morgan fingerprint density at radius 1 is 1.11 bits per heavy atom. The number of ether oxygens (including phenoxy) is 3. The molecule has 0 bridgehead atoms. The normalized spacial score (nSPS) is 17.3. The molecule has 3 atom stereocenters. The van der Waals surface area contributed by atoms with Crippen LogP contribution in [0.2, 0.25) is 0 Å². The standard InChI is InChI=1S/C31H31F5N4O6S/c1-3-47(42,43)24-10-4-19(5-11-24)26(14-15-37)38-28(41)25-12-13-27(39-29(25)44-2)40-17-23(16-21(40)18-45-30(32)33)46-22-8-6-20(7-9-22)31(34,35)36/h4-13,21,23,26,30H,3,14,16-18H2,1-2H3,(H,38,41)/t21-,23-,26-/m0/s1. The third kappa shape index (κ3) is 8.86. The second kappa shape index (κ2) is 14.9. The number of aromatic nitrogens is 1. The molecule has 1 aliphatic heterocycles. The van der Waals surface area contributed by atoms with Crippen LogP contribution in [0.25, 0.3) is 0 Å². The summed E-state index contributed by atoms with van der Waals surface area (Å²) in [5.41, 5.74) is -0.348. The Balaban J connectivity index is 1.53. The molecule has 2 heterocycles. The lowest BCUT2D eigenvalue weighted by Crippen LogP contribution is -2.35. The summed E-state index contributed by atoms with van der Waals surface area (Å²) in [6.45, 7) is -1.83. The van der Waals surface area contributed by atoms with Gasteiger partial charge in [-0.2, -0.15) is 32.2 Å². The molecule has 0 radical (unpaired) electrons. The molecular formula is C31H31F5N4O6S. The third-order valence-corrected chi connectivity index (χ3v) is 9.23. The van der Waals surface area contributed by atoms with E-state index in [9.17, 15) is 40.4 Å². The van der Waals surface area contributed by atoms with Crippen molar-refractivity contribution in [1.82, 2.24) is 10.3 Å². The maximum absolute atomic E-state index is 13.3. The molecule has 1 N–H and O–H groups in total. The van der Waals surface area contributed by atoms with Gasteiger partial charge in [-0.25, -0.2) is 8.42 Å². The molecule has 252 valence electrons. The van der Waals surface area contributed by atoms with Crippen molar-refractivity contribution >= 4 is 21.6 Å². The van der Waals surface area contributed by atoms with E-state index in [4.69, 9.17) is 9.47 Å². The molecule has 0 spiro atoms. The highest BCUT2D eigenvalue weighted by Crippen LogP contribution is 2.33. The van der Waals surface area contributed by atoms with Gasteiger partial charge in [0.2, 0.25) is 5.88 Å². The van der Waals surface area contributed by atoms with Crippen molar-refractivity contribution in [3.8, 4) is 17.7 Å². The summed E-state index contributed by atoms with van der Waals surface area (Å²) in [7, 11) is -2.17. The molecule has 0 saturated carbocycles. The number of pyridine rings is 1. The number of carbonyl (C=O) groups excluding carboxylic acids is 1. The second-order valence-corrected chi connectivity index (χ2v) is 12.8. The number of nitrogens with zero attached hydrogens (tertiary/aromatic N) is 3. The molecule has 1 amide bonds. The van der Waals surface area contributed by atoms with Crippen LogP contribution in [0.4, 0.5) is 27.8 Å². The number of rotatable bonds is 13. The van der Waals surface area contributed by atoms with Crippen LogP contribution in [0.5, 0.6) is 11.6 Å². The molecular weight excluding hydrogens is 651 g/mol. The third-order valence-electron chi connectivity index (χ3n) is 7.48. The average Bonchev–Trinajstić information content (AvgIpc) is 3.45. The van der Waals surface area contributed by atoms with E-state index in [-0.39, 0.29) is 53.0 Å². The van der Waals surface area contributed by atoms with Gasteiger partial charge in [-0.1, -0.05) is 19.1 Å². The number of alkyl halides is 5. The van der Waals surface area contributed by atoms with Crippen molar-refractivity contribution in [2.24, 2.45) is 0 Å². The Morgan fingerprint density at radius 3 is 2.36 bits per heavy atom. The van der Waals surface area contributed by atoms with Crippen LogP contribution in [0.15, 0.2) is 65.6 Å². The number of nitriles is 1. The van der Waals surface area contributed by atoms with Gasteiger partial charge in [0.05, 0.1) is 61.0 Å². The van der Waals surface area contributed by atoms with Gasteiger partial charge in [0.25, 0.3) is 5.91 Å². The van der Waals surface area contributed by atoms with Gasteiger partial charge in [-0.15, -0.1) is 0 Å². The number of nitrogens with one attached hydrogen (secondary N) is 1. The van der Waals surface area contributed by atoms with Crippen molar-refractivity contribution in [1.29, 1.82) is 5.26 Å². The first-order valence-corrected chi connectivity index (χ1v) is 16.0. The number of sulfone groups is 1. The molecule has 0 aliphatic carbocycles. The number of hydrogen-bond donors (Lipinski definition) is 1. The first kappa shape index (κ1) is 35.4. The minimum atomic E-state index is -4.52. The quantitative estimate of drug-likeness (QED) is 0.231. The van der Waals surface area contributed by atoms with Gasteiger partial charge in [0, 0.05) is 6.42 Å². The monoisotopic (exact) mass is 682 g/mol. The Morgan fingerprint density at radius 2 is 1.79 bits per heavy atom. The van der Waals surface area contributed by atoms with Crippen LogP contribution in [-0.4, -0.2) is 64.1 Å². The number of amides is 1. The Bertz CT molecular complexity index is 1680. The average molecular weight is 683 g/mol. The largest absolute Gasteiger partial charge is 0.489 e. The fourth-order valence-corrected chi connectivity index (χ4v) is 5.95. The SMILES string of the molecule is CCS(=O)(=O)c1ccc([C@H](CC#N)NC(=O)c2ccc(N3C[C@@H](Oc4ccc(C(F)(F)F)cc4)C[C@H]3COC(F)F)nc2OC)cc1. The van der Waals surface area contributed by atoms with E-state index in [1.807, 2.05) is 6.07 Å². The molecule has 16 heteroatoms. The number of benzene rings is 2. The number of halogens is 5. The van der Waals surface area contributed by atoms with E-state index in [0.29, 0.717) is 5.56 Å². The van der Waals surface area contributed by atoms with Gasteiger partial charge < -0.3 is 24.4 Å². The lowest BCUT2D eigenvalue weighted by molar-refractivity contribution is -0.137. The highest BCUT2D eigenvalue weighted by molar-refractivity contribution is 7.91. The number of hydrogen-bond acceptors (Lipinski definition) is 9. The topological polar surface area (TPSA) is 131 Å². The first-order valence-electron chi connectivity index (χ1n) is 14.3. The summed E-state index contributed by atoms with van der Waals surface area (Å²) < 4.78 is 105. The molecule has 2 aromatic carbocycles. The van der Waals surface area contributed by atoms with Gasteiger partial charge in [-0.05, 0) is 54.1 Å². The number of carbonyl (C=O) groups is 1. The maximum atomic E-state index is 13.3. The predicted octanol–water partition coefficient (Wildman–Crippen LogP) is 5.55. The Hall–Kier alpha value is -4.49. The summed E-state index contributed by atoms with van der Waals surface area (Å²) in [4.78, 5) is 19.5. The fraction of sp³-hybridized carbons (Fsp3) is 0.387. The van der Waals surface area contributed by atoms with E-state index in [0.717, 1.165) is 12.1 Å². The zero-order chi connectivity index (χ0) is 34.4. The molecule has 0 unspecified atom stereocenters. The van der Waals surface area contributed by atoms with Crippen LogP contribution in [0.1, 0.15) is 47.3 Å². The molecule has 4 rings (SSSR count). The van der Waals surface area contributed by atoms with Crippen molar-refractivity contribution in [3.63, 3.8) is 0 Å². The number of anilines is 1. The maximum Gasteiger partial charge on any atom is 0.416 e. The van der Waals surface area contributed by atoms with E-state index in [2.05, 4.69) is 15.0 Å². The predicted molar refractivity (Wildman–Crippen MR) is 159 cm³/mol. The van der Waals surface area contributed by atoms with Crippen LogP contribution in [0.3, 0.4) is 0 Å². The van der Waals surface area contributed by atoms with Gasteiger partial charge in [-0.3, -0.25) is 4.79 Å². The summed E-state index contributed by atoms with van der Waals surface area (Å²) in [6, 6.07) is 13.3. The smallest absolute Gasteiger partial charge is 0.416 e. The molecule has 1 fully saturated rings. The first-order chi connectivity index (χ1) is 22.2. The van der Waals surface area contributed by atoms with E-state index >= 15 is 0 Å². The summed E-state index contributed by atoms with van der Waals surface area (Å²) in [5.74, 6) is -0.446. The minimum Gasteiger partial charge on any atom is -0.489 e. The Labute approximate surface area is 268 Å². The zero-order valence-electron chi connectivity index (χ0n) is 25.2. The zero-order valence-corrected chi connectivity index (χ0v) is 26.0. The highest BCUT2D eigenvalue weighted by atomic mass is 32.2. The van der Waals surface area contributed by atoms with Crippen LogP contribution >= 0.6 is 0 Å². The highest BCUT2D eigenvalue weighted by Gasteiger charge is 2.36.